The maximum absolute atomic E-state index is 12.0. The van der Waals surface area contributed by atoms with Gasteiger partial charge in [-0.2, -0.15) is 0 Å². The molecule has 0 saturated heterocycles. The van der Waals surface area contributed by atoms with E-state index in [-0.39, 0.29) is 11.8 Å². The summed E-state index contributed by atoms with van der Waals surface area (Å²) in [5.74, 6) is 0.160. The van der Waals surface area contributed by atoms with Crippen molar-refractivity contribution in [3.63, 3.8) is 0 Å². The van der Waals surface area contributed by atoms with Crippen LogP contribution in [0, 0.1) is 12.8 Å². The molecule has 0 fully saturated rings. The molecule has 3 heterocycles. The van der Waals surface area contributed by atoms with Gasteiger partial charge < -0.3 is 10.1 Å². The molecule has 7 heteroatoms. The first-order valence-corrected chi connectivity index (χ1v) is 7.35. The van der Waals surface area contributed by atoms with Crippen molar-refractivity contribution in [1.82, 2.24) is 25.3 Å². The average Bonchev–Trinajstić information content (AvgIpc) is 2.74. The first kappa shape index (κ1) is 14.6. The van der Waals surface area contributed by atoms with Crippen molar-refractivity contribution in [2.45, 2.75) is 26.5 Å². The number of carbonyl (C=O) groups excluding carboxylic acids is 1. The Kier molecular flexibility index (Phi) is 4.43. The van der Waals surface area contributed by atoms with Gasteiger partial charge in [-0.25, -0.2) is 4.68 Å². The summed E-state index contributed by atoms with van der Waals surface area (Å²) >= 11 is 0. The fourth-order valence-corrected chi connectivity index (χ4v) is 2.48. The normalized spacial score (nSPS) is 17.6. The van der Waals surface area contributed by atoms with Crippen molar-refractivity contribution in [3.05, 3.63) is 41.5 Å². The van der Waals surface area contributed by atoms with Crippen LogP contribution in [0.1, 0.15) is 17.1 Å². The van der Waals surface area contributed by atoms with Gasteiger partial charge in [0.1, 0.15) is 0 Å². The Morgan fingerprint density at radius 2 is 2.41 bits per heavy atom. The van der Waals surface area contributed by atoms with Crippen LogP contribution >= 0.6 is 0 Å². The Hall–Kier alpha value is -2.28. The molecule has 0 radical (unpaired) electrons. The number of pyridine rings is 1. The average molecular weight is 301 g/mol. The number of rotatable bonds is 4. The highest BCUT2D eigenvalue weighted by Gasteiger charge is 2.20. The van der Waals surface area contributed by atoms with Crippen LogP contribution in [0.25, 0.3) is 0 Å². The van der Waals surface area contributed by atoms with Gasteiger partial charge in [0, 0.05) is 30.9 Å². The molecular weight excluding hydrogens is 282 g/mol. The highest BCUT2D eigenvalue weighted by molar-refractivity contribution is 5.78. The number of aromatic nitrogens is 4. The van der Waals surface area contributed by atoms with Gasteiger partial charge in [0.25, 0.3) is 0 Å². The number of amides is 1. The Labute approximate surface area is 128 Å². The molecule has 3 rings (SSSR count). The largest absolute Gasteiger partial charge is 0.375 e. The highest BCUT2D eigenvalue weighted by atomic mass is 16.5. The molecule has 0 saturated carbocycles. The van der Waals surface area contributed by atoms with E-state index >= 15 is 0 Å². The number of hydrogen-bond donors (Lipinski definition) is 1. The quantitative estimate of drug-likeness (QED) is 0.888. The van der Waals surface area contributed by atoms with Crippen molar-refractivity contribution in [2.75, 3.05) is 13.2 Å². The number of nitrogens with zero attached hydrogens (tertiary/aromatic N) is 4. The number of nitrogens with one attached hydrogen (secondary N) is 1. The van der Waals surface area contributed by atoms with Crippen LogP contribution < -0.4 is 5.32 Å². The van der Waals surface area contributed by atoms with Crippen LogP contribution in [-0.2, 0) is 29.1 Å². The lowest BCUT2D eigenvalue weighted by molar-refractivity contribution is -0.120. The summed E-state index contributed by atoms with van der Waals surface area (Å²) in [5, 5.41) is 11.1. The van der Waals surface area contributed by atoms with Gasteiger partial charge in [-0.1, -0.05) is 11.3 Å². The van der Waals surface area contributed by atoms with Gasteiger partial charge in [-0.15, -0.1) is 5.10 Å². The number of fused-ring (bicyclic) bond motifs is 1. The highest BCUT2D eigenvalue weighted by Crippen LogP contribution is 2.14. The fourth-order valence-electron chi connectivity index (χ4n) is 2.48. The zero-order valence-corrected chi connectivity index (χ0v) is 12.5. The summed E-state index contributed by atoms with van der Waals surface area (Å²) in [7, 11) is 0. The molecule has 1 amide bonds. The molecule has 1 aliphatic heterocycles. The first-order chi connectivity index (χ1) is 10.7. The summed E-state index contributed by atoms with van der Waals surface area (Å²) in [4.78, 5) is 16.1. The third-order valence-corrected chi connectivity index (χ3v) is 3.71. The van der Waals surface area contributed by atoms with E-state index in [2.05, 4.69) is 20.6 Å². The lowest BCUT2D eigenvalue weighted by Gasteiger charge is -2.14. The van der Waals surface area contributed by atoms with E-state index in [0.717, 1.165) is 17.1 Å². The second kappa shape index (κ2) is 6.65. The standard InChI is InChI=1S/C15H19N5O2/c1-11-14-10-22-9-12(8-20(14)19-18-11)7-17-15(21)6-13-4-2-3-5-16-13/h2-5,12H,6-10H2,1H3,(H,17,21)/t12-/m0/s1. The predicted octanol–water partition coefficient (Wildman–Crippen LogP) is 0.487. The first-order valence-electron chi connectivity index (χ1n) is 7.35. The van der Waals surface area contributed by atoms with Crippen LogP contribution in [0.3, 0.4) is 0 Å². The van der Waals surface area contributed by atoms with Crippen molar-refractivity contribution < 1.29 is 9.53 Å². The van der Waals surface area contributed by atoms with Gasteiger partial charge in [-0.05, 0) is 19.1 Å². The van der Waals surface area contributed by atoms with Crippen LogP contribution in [0.4, 0.5) is 0 Å². The minimum Gasteiger partial charge on any atom is -0.375 e. The predicted molar refractivity (Wildman–Crippen MR) is 78.9 cm³/mol. The molecule has 1 N–H and O–H groups in total. The third-order valence-electron chi connectivity index (χ3n) is 3.71. The third kappa shape index (κ3) is 3.48. The van der Waals surface area contributed by atoms with E-state index in [1.54, 1.807) is 6.20 Å². The Morgan fingerprint density at radius 3 is 3.23 bits per heavy atom. The molecule has 1 atom stereocenters. The number of hydrogen-bond acceptors (Lipinski definition) is 5. The molecule has 116 valence electrons. The van der Waals surface area contributed by atoms with Gasteiger partial charge in [0.15, 0.2) is 0 Å². The number of aryl methyl sites for hydroxylation is 1. The molecular formula is C15H19N5O2. The van der Waals surface area contributed by atoms with Crippen molar-refractivity contribution >= 4 is 5.91 Å². The zero-order chi connectivity index (χ0) is 15.4. The number of carbonyl (C=O) groups is 1. The minimum atomic E-state index is -0.0297. The summed E-state index contributed by atoms with van der Waals surface area (Å²) in [6.07, 6.45) is 1.98. The Bertz CT molecular complexity index is 641. The lowest BCUT2D eigenvalue weighted by atomic mass is 10.1. The van der Waals surface area contributed by atoms with Gasteiger partial charge in [-0.3, -0.25) is 9.78 Å². The topological polar surface area (TPSA) is 81.9 Å². The lowest BCUT2D eigenvalue weighted by Crippen LogP contribution is -2.34. The summed E-state index contributed by atoms with van der Waals surface area (Å²) in [6.45, 7) is 4.32. The van der Waals surface area contributed by atoms with E-state index < -0.39 is 0 Å². The summed E-state index contributed by atoms with van der Waals surface area (Å²) < 4.78 is 7.53. The molecule has 0 unspecified atom stereocenters. The Balaban J connectivity index is 1.52. The summed E-state index contributed by atoms with van der Waals surface area (Å²) in [5.41, 5.74) is 2.69. The molecule has 22 heavy (non-hydrogen) atoms. The fraction of sp³-hybridized carbons (Fsp3) is 0.467. The van der Waals surface area contributed by atoms with E-state index in [0.29, 0.717) is 32.7 Å². The van der Waals surface area contributed by atoms with Crippen molar-refractivity contribution in [1.29, 1.82) is 0 Å². The minimum absolute atomic E-state index is 0.0297. The van der Waals surface area contributed by atoms with Crippen molar-refractivity contribution in [2.24, 2.45) is 5.92 Å². The summed E-state index contributed by atoms with van der Waals surface area (Å²) in [6, 6.07) is 5.56. The van der Waals surface area contributed by atoms with E-state index in [9.17, 15) is 4.79 Å². The van der Waals surface area contributed by atoms with E-state index in [4.69, 9.17) is 4.74 Å². The molecule has 0 spiro atoms. The smallest absolute Gasteiger partial charge is 0.226 e. The van der Waals surface area contributed by atoms with Crippen LogP contribution in [-0.4, -0.2) is 39.0 Å². The maximum Gasteiger partial charge on any atom is 0.226 e. The Morgan fingerprint density at radius 1 is 1.50 bits per heavy atom. The zero-order valence-electron chi connectivity index (χ0n) is 12.5. The van der Waals surface area contributed by atoms with Gasteiger partial charge >= 0.3 is 0 Å². The molecule has 7 nitrogen and oxygen atoms in total. The molecule has 2 aromatic rings. The van der Waals surface area contributed by atoms with E-state index in [1.165, 1.54) is 0 Å². The second-order valence-corrected chi connectivity index (χ2v) is 5.49. The molecule has 0 aliphatic carbocycles. The van der Waals surface area contributed by atoms with Crippen LogP contribution in [0.15, 0.2) is 24.4 Å². The number of ether oxygens (including phenoxy) is 1. The van der Waals surface area contributed by atoms with E-state index in [1.807, 2.05) is 29.8 Å². The maximum atomic E-state index is 12.0. The molecule has 1 aliphatic rings. The van der Waals surface area contributed by atoms with Crippen molar-refractivity contribution in [3.8, 4) is 0 Å². The molecule has 0 aromatic carbocycles. The monoisotopic (exact) mass is 301 g/mol. The molecule has 0 bridgehead atoms. The van der Waals surface area contributed by atoms with Gasteiger partial charge in [0.05, 0.1) is 31.0 Å². The van der Waals surface area contributed by atoms with Gasteiger partial charge in [0.2, 0.25) is 5.91 Å². The second-order valence-electron chi connectivity index (χ2n) is 5.49. The molecule has 2 aromatic heterocycles. The van der Waals surface area contributed by atoms with Crippen LogP contribution in [0.5, 0.6) is 0 Å². The SMILES string of the molecule is Cc1nnn2c1COC[C@@H](CNC(=O)Cc1ccccn1)C2. The van der Waals surface area contributed by atoms with Crippen LogP contribution in [0.2, 0.25) is 0 Å².